The standard InChI is InChI=1S/C13H13ClN2O/c1-9(2)12-5-6-16(15-12)13-7-11(14)4-3-10(13)8-17/h3-9H,1-2H3. The summed E-state index contributed by atoms with van der Waals surface area (Å²) in [5, 5.41) is 5.02. The highest BCUT2D eigenvalue weighted by atomic mass is 35.5. The fraction of sp³-hybridized carbons (Fsp3) is 0.231. The van der Waals surface area contributed by atoms with Gasteiger partial charge in [0.1, 0.15) is 0 Å². The molecule has 0 aliphatic carbocycles. The number of aldehydes is 1. The number of halogens is 1. The highest BCUT2D eigenvalue weighted by Crippen LogP contribution is 2.20. The molecule has 88 valence electrons. The molecular formula is C13H13ClN2O. The number of aromatic nitrogens is 2. The molecule has 0 N–H and O–H groups in total. The van der Waals surface area contributed by atoms with Gasteiger partial charge in [0, 0.05) is 16.8 Å². The molecule has 1 heterocycles. The van der Waals surface area contributed by atoms with Crippen molar-refractivity contribution in [3.8, 4) is 5.69 Å². The fourth-order valence-electron chi connectivity index (χ4n) is 1.60. The lowest BCUT2D eigenvalue weighted by molar-refractivity contribution is 0.112. The van der Waals surface area contributed by atoms with Crippen molar-refractivity contribution < 1.29 is 4.79 Å². The molecule has 17 heavy (non-hydrogen) atoms. The second-order valence-electron chi connectivity index (χ2n) is 4.16. The van der Waals surface area contributed by atoms with E-state index >= 15 is 0 Å². The average molecular weight is 249 g/mol. The first-order valence-electron chi connectivity index (χ1n) is 5.42. The number of rotatable bonds is 3. The van der Waals surface area contributed by atoms with Crippen LogP contribution in [-0.4, -0.2) is 16.1 Å². The van der Waals surface area contributed by atoms with E-state index in [1.165, 1.54) is 0 Å². The van der Waals surface area contributed by atoms with Crippen LogP contribution in [0.3, 0.4) is 0 Å². The molecule has 0 aliphatic heterocycles. The minimum atomic E-state index is 0.357. The monoisotopic (exact) mass is 248 g/mol. The quantitative estimate of drug-likeness (QED) is 0.780. The summed E-state index contributed by atoms with van der Waals surface area (Å²) in [7, 11) is 0. The number of nitrogens with zero attached hydrogens (tertiary/aromatic N) is 2. The molecule has 3 nitrogen and oxygen atoms in total. The van der Waals surface area contributed by atoms with E-state index in [2.05, 4.69) is 18.9 Å². The highest BCUT2D eigenvalue weighted by molar-refractivity contribution is 6.30. The Labute approximate surface area is 105 Å². The third kappa shape index (κ3) is 2.39. The minimum Gasteiger partial charge on any atom is -0.298 e. The van der Waals surface area contributed by atoms with Gasteiger partial charge >= 0.3 is 0 Å². The van der Waals surface area contributed by atoms with Gasteiger partial charge in [-0.2, -0.15) is 5.10 Å². The van der Waals surface area contributed by atoms with Crippen LogP contribution in [0.2, 0.25) is 5.02 Å². The summed E-state index contributed by atoms with van der Waals surface area (Å²) in [5.41, 5.74) is 2.27. The van der Waals surface area contributed by atoms with Crippen molar-refractivity contribution in [2.45, 2.75) is 19.8 Å². The molecule has 2 rings (SSSR count). The summed E-state index contributed by atoms with van der Waals surface area (Å²) in [4.78, 5) is 11.0. The van der Waals surface area contributed by atoms with Crippen LogP contribution in [0.5, 0.6) is 0 Å². The van der Waals surface area contributed by atoms with E-state index in [1.54, 1.807) is 22.9 Å². The van der Waals surface area contributed by atoms with Gasteiger partial charge in [-0.1, -0.05) is 25.4 Å². The predicted molar refractivity (Wildman–Crippen MR) is 68.1 cm³/mol. The Kier molecular flexibility index (Phi) is 3.29. The van der Waals surface area contributed by atoms with Gasteiger partial charge in [-0.25, -0.2) is 4.68 Å². The van der Waals surface area contributed by atoms with Crippen molar-refractivity contribution in [3.05, 3.63) is 46.7 Å². The van der Waals surface area contributed by atoms with Gasteiger partial charge in [0.2, 0.25) is 0 Å². The number of carbonyl (C=O) groups is 1. The van der Waals surface area contributed by atoms with Gasteiger partial charge in [-0.05, 0) is 30.2 Å². The summed E-state index contributed by atoms with van der Waals surface area (Å²) in [6.07, 6.45) is 2.65. The Bertz CT molecular complexity index is 546. The first-order chi connectivity index (χ1) is 8.11. The zero-order chi connectivity index (χ0) is 12.4. The minimum absolute atomic E-state index is 0.357. The van der Waals surface area contributed by atoms with Crippen molar-refractivity contribution >= 4 is 17.9 Å². The smallest absolute Gasteiger partial charge is 0.152 e. The Hall–Kier alpha value is -1.61. The van der Waals surface area contributed by atoms with Crippen molar-refractivity contribution in [2.24, 2.45) is 0 Å². The van der Waals surface area contributed by atoms with Crippen LogP contribution in [0.4, 0.5) is 0 Å². The zero-order valence-electron chi connectivity index (χ0n) is 9.72. The zero-order valence-corrected chi connectivity index (χ0v) is 10.5. The highest BCUT2D eigenvalue weighted by Gasteiger charge is 2.08. The summed E-state index contributed by atoms with van der Waals surface area (Å²) in [5.74, 6) is 0.357. The van der Waals surface area contributed by atoms with Crippen molar-refractivity contribution in [1.82, 2.24) is 9.78 Å². The number of hydrogen-bond donors (Lipinski definition) is 0. The van der Waals surface area contributed by atoms with Gasteiger partial charge in [-0.15, -0.1) is 0 Å². The first kappa shape index (κ1) is 11.9. The predicted octanol–water partition coefficient (Wildman–Crippen LogP) is 3.46. The van der Waals surface area contributed by atoms with E-state index in [0.29, 0.717) is 22.2 Å². The van der Waals surface area contributed by atoms with Crippen LogP contribution in [-0.2, 0) is 0 Å². The lowest BCUT2D eigenvalue weighted by Gasteiger charge is -2.05. The van der Waals surface area contributed by atoms with Crippen LogP contribution >= 0.6 is 11.6 Å². The second kappa shape index (κ2) is 4.72. The Morgan fingerprint density at radius 1 is 1.35 bits per heavy atom. The van der Waals surface area contributed by atoms with E-state index in [0.717, 1.165) is 12.0 Å². The Morgan fingerprint density at radius 3 is 2.71 bits per heavy atom. The van der Waals surface area contributed by atoms with Crippen molar-refractivity contribution in [1.29, 1.82) is 0 Å². The molecule has 2 aromatic rings. The second-order valence-corrected chi connectivity index (χ2v) is 4.60. The van der Waals surface area contributed by atoms with Gasteiger partial charge in [0.15, 0.2) is 6.29 Å². The summed E-state index contributed by atoms with van der Waals surface area (Å²) in [6, 6.07) is 7.07. The molecule has 0 unspecified atom stereocenters. The topological polar surface area (TPSA) is 34.9 Å². The van der Waals surface area contributed by atoms with Gasteiger partial charge in [0.05, 0.1) is 11.4 Å². The molecule has 0 bridgehead atoms. The third-order valence-electron chi connectivity index (χ3n) is 2.57. The largest absolute Gasteiger partial charge is 0.298 e. The van der Waals surface area contributed by atoms with Crippen LogP contribution in [0.1, 0.15) is 35.8 Å². The van der Waals surface area contributed by atoms with Gasteiger partial charge in [0.25, 0.3) is 0 Å². The van der Waals surface area contributed by atoms with Crippen LogP contribution in [0, 0.1) is 0 Å². The van der Waals surface area contributed by atoms with Gasteiger partial charge < -0.3 is 0 Å². The maximum Gasteiger partial charge on any atom is 0.152 e. The molecule has 0 amide bonds. The average Bonchev–Trinajstić information content (AvgIpc) is 2.78. The van der Waals surface area contributed by atoms with E-state index in [9.17, 15) is 4.79 Å². The molecule has 1 aromatic carbocycles. The first-order valence-corrected chi connectivity index (χ1v) is 5.80. The number of hydrogen-bond acceptors (Lipinski definition) is 2. The SMILES string of the molecule is CC(C)c1ccn(-c2cc(Cl)ccc2C=O)n1. The summed E-state index contributed by atoms with van der Waals surface area (Å²) < 4.78 is 1.69. The molecule has 0 atom stereocenters. The molecular weight excluding hydrogens is 236 g/mol. The van der Waals surface area contributed by atoms with E-state index < -0.39 is 0 Å². The normalized spacial score (nSPS) is 10.8. The summed E-state index contributed by atoms with van der Waals surface area (Å²) in [6.45, 7) is 4.15. The third-order valence-corrected chi connectivity index (χ3v) is 2.80. The van der Waals surface area contributed by atoms with Gasteiger partial charge in [-0.3, -0.25) is 4.79 Å². The van der Waals surface area contributed by atoms with Crippen molar-refractivity contribution in [3.63, 3.8) is 0 Å². The van der Waals surface area contributed by atoms with Crippen molar-refractivity contribution in [2.75, 3.05) is 0 Å². The van der Waals surface area contributed by atoms with Crippen LogP contribution in [0.15, 0.2) is 30.5 Å². The molecule has 0 fully saturated rings. The maximum absolute atomic E-state index is 11.0. The maximum atomic E-state index is 11.0. The van der Waals surface area contributed by atoms with E-state index in [1.807, 2.05) is 12.3 Å². The lowest BCUT2D eigenvalue weighted by Crippen LogP contribution is -2.01. The number of carbonyl (C=O) groups excluding carboxylic acids is 1. The molecule has 0 aliphatic rings. The van der Waals surface area contributed by atoms with E-state index in [4.69, 9.17) is 11.6 Å². The van der Waals surface area contributed by atoms with Crippen LogP contribution in [0.25, 0.3) is 5.69 Å². The molecule has 4 heteroatoms. The Balaban J connectivity index is 2.51. The lowest BCUT2D eigenvalue weighted by atomic mass is 10.1. The molecule has 0 saturated heterocycles. The number of benzene rings is 1. The molecule has 0 radical (unpaired) electrons. The fourth-order valence-corrected chi connectivity index (χ4v) is 1.76. The van der Waals surface area contributed by atoms with Crippen LogP contribution < -0.4 is 0 Å². The van der Waals surface area contributed by atoms with E-state index in [-0.39, 0.29) is 0 Å². The summed E-state index contributed by atoms with van der Waals surface area (Å²) >= 11 is 5.94. The Morgan fingerprint density at radius 2 is 2.12 bits per heavy atom. The molecule has 0 saturated carbocycles. The molecule has 1 aromatic heterocycles. The molecule has 0 spiro atoms.